The van der Waals surface area contributed by atoms with Crippen LogP contribution in [0.25, 0.3) is 0 Å². The summed E-state index contributed by atoms with van der Waals surface area (Å²) in [4.78, 5) is 84.5. The quantitative estimate of drug-likeness (QED) is 0.0330. The van der Waals surface area contributed by atoms with E-state index in [9.17, 15) is 78.1 Å². The molecule has 586 valence electrons. The number of carbonyl (C=O) groups excluding carboxylic acids is 6. The van der Waals surface area contributed by atoms with E-state index in [-0.39, 0.29) is 144 Å². The first-order valence-corrected chi connectivity index (χ1v) is 40.4. The van der Waals surface area contributed by atoms with E-state index in [0.717, 1.165) is 70.6 Å². The fourth-order valence-corrected chi connectivity index (χ4v) is 27.5. The second kappa shape index (κ2) is 27.7. The van der Waals surface area contributed by atoms with Crippen LogP contribution < -0.4 is 0 Å². The average molecular weight is 1550 g/mol. The number of esters is 6. The number of rotatable bonds is 14. The number of aliphatic hydroxyl groups is 7. The summed E-state index contributed by atoms with van der Waals surface area (Å²) in [5.74, 6) is -5.25. The molecular formula is C81H98ClF2O23S+. The van der Waals surface area contributed by atoms with Crippen molar-refractivity contribution in [1.82, 2.24) is 0 Å². The van der Waals surface area contributed by atoms with Crippen LogP contribution in [0.15, 0.2) is 106 Å². The van der Waals surface area contributed by atoms with Crippen molar-refractivity contribution >= 4 is 64.3 Å². The first-order chi connectivity index (χ1) is 51.0. The first kappa shape index (κ1) is 76.1. The second-order valence-corrected chi connectivity index (χ2v) is 38.5. The summed E-state index contributed by atoms with van der Waals surface area (Å²) < 4.78 is 67.2. The van der Waals surface area contributed by atoms with Gasteiger partial charge in [-0.3, -0.25) is 19.2 Å². The lowest BCUT2D eigenvalue weighted by atomic mass is 9.50. The van der Waals surface area contributed by atoms with Gasteiger partial charge in [-0.15, -0.1) is 11.6 Å². The van der Waals surface area contributed by atoms with Gasteiger partial charge in [0.05, 0.1) is 79.1 Å². The molecule has 108 heavy (non-hydrogen) atoms. The fourth-order valence-electron chi connectivity index (χ4n) is 25.4. The van der Waals surface area contributed by atoms with E-state index in [1.165, 1.54) is 14.7 Å². The molecule has 3 aliphatic heterocycles. The number of carbonyl (C=O) groups is 7. The van der Waals surface area contributed by atoms with Crippen LogP contribution in [0, 0.1) is 71.0 Å². The normalized spacial score (nSPS) is 45.0. The third kappa shape index (κ3) is 14.9. The van der Waals surface area contributed by atoms with Crippen molar-refractivity contribution in [3.05, 3.63) is 91.0 Å². The molecule has 21 aliphatic rings. The van der Waals surface area contributed by atoms with E-state index in [0.29, 0.717) is 102 Å². The molecule has 18 saturated carbocycles. The van der Waals surface area contributed by atoms with E-state index in [1.807, 2.05) is 0 Å². The highest BCUT2D eigenvalue weighted by Gasteiger charge is 2.69. The van der Waals surface area contributed by atoms with E-state index in [1.54, 1.807) is 0 Å². The summed E-state index contributed by atoms with van der Waals surface area (Å²) >= 11 is 5.38. The zero-order chi connectivity index (χ0) is 76.1. The largest absolute Gasteiger partial charge is 0.477 e. The van der Waals surface area contributed by atoms with Gasteiger partial charge < -0.3 is 78.7 Å². The SMILES string of the molecule is CC(F)(F)C(=O)O.O=C(CCl)OC1C2CC3C(=O)OC1C3C2.O=C(COC12CC3CC(O)(CC(O)(C3)C1)C2)OC1C2CC3C(=O)OC1C3C2.O=C(COC12CC3CC(O)(CC(O)(C3)C1)C2)OC1C2CC3C(=O)OC1C3C2.OC12CC3CC(O)(C1)CC(O)(C3)C2.c1ccc([S+](c2ccccc2)c2ccccc2)cc1. The number of carboxylic acid groups (broad SMARTS) is 1. The molecule has 0 radical (unpaired) electrons. The van der Waals surface area contributed by atoms with Crippen molar-refractivity contribution in [3.63, 3.8) is 0 Å². The van der Waals surface area contributed by atoms with Crippen LogP contribution >= 0.6 is 11.6 Å². The lowest BCUT2D eigenvalue weighted by Crippen LogP contribution is -2.66. The molecule has 18 aliphatic carbocycles. The Bertz CT molecular complexity index is 3660. The smallest absolute Gasteiger partial charge is 0.374 e. The summed E-state index contributed by atoms with van der Waals surface area (Å²) in [7, 11) is -0.0146. The minimum atomic E-state index is -3.58. The molecule has 3 saturated heterocycles. The zero-order valence-corrected chi connectivity index (χ0v) is 62.0. The van der Waals surface area contributed by atoms with Crippen LogP contribution in [0.1, 0.15) is 161 Å². The predicted molar refractivity (Wildman–Crippen MR) is 374 cm³/mol. The summed E-state index contributed by atoms with van der Waals surface area (Å²) in [5.41, 5.74) is -7.12. The summed E-state index contributed by atoms with van der Waals surface area (Å²) in [6.07, 6.45) is 14.2. The summed E-state index contributed by atoms with van der Waals surface area (Å²) in [6, 6.07) is 32.2. The molecule has 19 unspecified atom stereocenters. The van der Waals surface area contributed by atoms with Crippen LogP contribution in [-0.4, -0.2) is 195 Å². The number of halogens is 3. The summed E-state index contributed by atoms with van der Waals surface area (Å²) in [6.45, 7) is -0.0386. The maximum absolute atomic E-state index is 12.5. The Morgan fingerprint density at radius 3 is 0.944 bits per heavy atom. The highest BCUT2D eigenvalue weighted by molar-refractivity contribution is 7.97. The number of ether oxygens (including phenoxy) is 8. The predicted octanol–water partition coefficient (Wildman–Crippen LogP) is 7.79. The molecule has 8 N–H and O–H groups in total. The van der Waals surface area contributed by atoms with Crippen molar-refractivity contribution in [2.24, 2.45) is 71.0 Å². The van der Waals surface area contributed by atoms with Gasteiger partial charge in [-0.1, -0.05) is 54.6 Å². The van der Waals surface area contributed by atoms with Gasteiger partial charge in [0.25, 0.3) is 0 Å². The molecule has 3 heterocycles. The molecule has 27 heteroatoms. The number of alkyl halides is 3. The van der Waals surface area contributed by atoms with Gasteiger partial charge in [0.1, 0.15) is 55.7 Å². The van der Waals surface area contributed by atoms with Gasteiger partial charge in [0.2, 0.25) is 0 Å². The minimum Gasteiger partial charge on any atom is -0.477 e. The van der Waals surface area contributed by atoms with Crippen molar-refractivity contribution < 1.29 is 121 Å². The standard InChI is InChI=1S/2C20H26O7.C18H15S.C10H11ClO4.C10H16O3.C3H4F2O2/c2*21-14(26-15-11-1-12-13(2-11)17(22)27-16(12)15)6-25-20-5-10-3-18(23,8-20)7-19(24,4-10)9-20;1-4-10-16(11-5-1)19(17-12-6-2-7-13-17)18-14-8-3-9-15-18;11-3-7(12)14-8-4-1-5-6(2-4)10(13)15-9(5)8;11-8-1-7-2-9(12,4-8)6-10(13,3-7)5-8;1-3(4,5)2(6)7/h2*10-13,15-16,23-24H,1-9H2;1-15H;4-6,8-9H,1-3H2;7,11-13H,1-6H2;1H3,(H,6,7)/q;;+1;;;. The fraction of sp³-hybridized carbons (Fsp3) is 0.691. The van der Waals surface area contributed by atoms with E-state index < -0.39 is 80.2 Å². The maximum atomic E-state index is 12.5. The molecule has 21 fully saturated rings. The highest BCUT2D eigenvalue weighted by Crippen LogP contribution is 2.64. The van der Waals surface area contributed by atoms with E-state index >= 15 is 0 Å². The van der Waals surface area contributed by atoms with Crippen LogP contribution in [-0.2, 0) is 82.4 Å². The molecule has 18 bridgehead atoms. The maximum Gasteiger partial charge on any atom is 0.374 e. The van der Waals surface area contributed by atoms with Gasteiger partial charge in [-0.25, -0.2) is 14.4 Å². The Hall–Kier alpha value is -5.91. The lowest BCUT2D eigenvalue weighted by Gasteiger charge is -2.62. The molecule has 23 nitrogen and oxygen atoms in total. The molecular weight excluding hydrogens is 1450 g/mol. The zero-order valence-electron chi connectivity index (χ0n) is 60.4. The van der Waals surface area contributed by atoms with E-state index in [2.05, 4.69) is 91.0 Å². The monoisotopic (exact) mass is 1540 g/mol. The third-order valence-corrected chi connectivity index (χ3v) is 29.8. The van der Waals surface area contributed by atoms with Gasteiger partial charge in [0, 0.05) is 100 Å². The Morgan fingerprint density at radius 1 is 0.435 bits per heavy atom. The molecule has 0 spiro atoms. The van der Waals surface area contributed by atoms with Crippen molar-refractivity contribution in [2.45, 2.75) is 269 Å². The Balaban J connectivity index is 0.000000103. The third-order valence-electron chi connectivity index (χ3n) is 27.4. The van der Waals surface area contributed by atoms with Crippen LogP contribution in [0.3, 0.4) is 0 Å². The number of hydrogen-bond donors (Lipinski definition) is 8. The second-order valence-electron chi connectivity index (χ2n) is 36.2. The average Bonchev–Trinajstić information content (AvgIpc) is 1.39. The molecule has 0 amide bonds. The molecule has 3 aromatic carbocycles. The number of aliphatic carboxylic acids is 1. The summed E-state index contributed by atoms with van der Waals surface area (Å²) in [5, 5.41) is 81.0. The molecule has 3 aromatic rings. The van der Waals surface area contributed by atoms with Gasteiger partial charge in [-0.05, 0) is 150 Å². The van der Waals surface area contributed by atoms with E-state index in [4.69, 9.17) is 54.6 Å². The number of hydrogen-bond acceptors (Lipinski definition) is 22. The minimum absolute atomic E-state index is 0.000264. The van der Waals surface area contributed by atoms with Crippen LogP contribution in [0.2, 0.25) is 0 Å². The topological polar surface area (TPSA) is 355 Å². The highest BCUT2D eigenvalue weighted by atomic mass is 35.5. The lowest BCUT2D eigenvalue weighted by molar-refractivity contribution is -0.269. The van der Waals surface area contributed by atoms with Crippen molar-refractivity contribution in [2.75, 3.05) is 19.1 Å². The van der Waals surface area contributed by atoms with Crippen LogP contribution in [0.5, 0.6) is 0 Å². The Morgan fingerprint density at radius 2 is 0.694 bits per heavy atom. The molecule has 24 rings (SSSR count). The number of fused-ring (bicyclic) bond motifs is 3. The number of benzene rings is 3. The molecule has 19 atom stereocenters. The molecule has 0 aromatic heterocycles. The van der Waals surface area contributed by atoms with Gasteiger partial charge in [0.15, 0.2) is 14.7 Å². The van der Waals surface area contributed by atoms with Gasteiger partial charge >= 0.3 is 47.7 Å². The van der Waals surface area contributed by atoms with Crippen molar-refractivity contribution in [1.29, 1.82) is 0 Å². The van der Waals surface area contributed by atoms with Gasteiger partial charge in [-0.2, -0.15) is 8.78 Å². The van der Waals surface area contributed by atoms with Crippen molar-refractivity contribution in [3.8, 4) is 0 Å². The van der Waals surface area contributed by atoms with Crippen LogP contribution in [0.4, 0.5) is 8.78 Å². The Kier molecular flexibility index (Phi) is 19.5. The first-order valence-electron chi connectivity index (χ1n) is 38.6. The number of carboxylic acids is 1. The Labute approximate surface area is 632 Å².